The lowest BCUT2D eigenvalue weighted by Gasteiger charge is -2.47. The maximum Gasteiger partial charge on any atom is 0.125 e. The van der Waals surface area contributed by atoms with E-state index in [2.05, 4.69) is 49.3 Å². The number of nitrogens with zero attached hydrogens (tertiary/aromatic N) is 1. The highest BCUT2D eigenvalue weighted by Gasteiger charge is 2.43. The third kappa shape index (κ3) is 3.09. The molecule has 1 fully saturated rings. The largest absolute Gasteiger partial charge is 0.486 e. The first kappa shape index (κ1) is 14.9. The SMILES string of the molecule is CCCNC1CC2(CCCN(C)C2)Oc2ccc(C)cc21. The molecule has 1 saturated heterocycles. The van der Waals surface area contributed by atoms with E-state index in [0.717, 1.165) is 25.3 Å². The van der Waals surface area contributed by atoms with E-state index < -0.39 is 0 Å². The Morgan fingerprint density at radius 3 is 3.05 bits per heavy atom. The van der Waals surface area contributed by atoms with E-state index in [-0.39, 0.29) is 5.60 Å². The molecule has 3 rings (SSSR count). The third-order valence-electron chi connectivity index (χ3n) is 4.81. The molecular formula is C18H28N2O. The van der Waals surface area contributed by atoms with Crippen molar-refractivity contribution in [3.63, 3.8) is 0 Å². The Bertz CT molecular complexity index is 502. The average molecular weight is 288 g/mol. The molecular weight excluding hydrogens is 260 g/mol. The minimum absolute atomic E-state index is 0.000661. The fourth-order valence-corrected chi connectivity index (χ4v) is 3.86. The highest BCUT2D eigenvalue weighted by atomic mass is 16.5. The van der Waals surface area contributed by atoms with Crippen molar-refractivity contribution in [1.82, 2.24) is 10.2 Å². The van der Waals surface area contributed by atoms with Crippen LogP contribution in [0, 0.1) is 6.92 Å². The van der Waals surface area contributed by atoms with Gasteiger partial charge in [-0.25, -0.2) is 0 Å². The summed E-state index contributed by atoms with van der Waals surface area (Å²) in [6.07, 6.45) is 4.67. The monoisotopic (exact) mass is 288 g/mol. The lowest BCUT2D eigenvalue weighted by molar-refractivity contribution is -0.0270. The van der Waals surface area contributed by atoms with Gasteiger partial charge in [-0.2, -0.15) is 0 Å². The van der Waals surface area contributed by atoms with E-state index in [1.807, 2.05) is 0 Å². The van der Waals surface area contributed by atoms with Crippen molar-refractivity contribution in [1.29, 1.82) is 0 Å². The van der Waals surface area contributed by atoms with Gasteiger partial charge in [-0.1, -0.05) is 24.6 Å². The van der Waals surface area contributed by atoms with Gasteiger partial charge in [0.15, 0.2) is 0 Å². The Kier molecular flexibility index (Phi) is 4.23. The normalized spacial score (nSPS) is 29.2. The molecule has 0 bridgehead atoms. The number of hydrogen-bond acceptors (Lipinski definition) is 3. The minimum atomic E-state index is 0.000661. The summed E-state index contributed by atoms with van der Waals surface area (Å²) in [5, 5.41) is 3.74. The van der Waals surface area contributed by atoms with Gasteiger partial charge < -0.3 is 15.0 Å². The van der Waals surface area contributed by atoms with Crippen molar-refractivity contribution in [2.75, 3.05) is 26.7 Å². The molecule has 1 aromatic rings. The summed E-state index contributed by atoms with van der Waals surface area (Å²) in [6, 6.07) is 7.06. The number of rotatable bonds is 3. The van der Waals surface area contributed by atoms with E-state index in [1.165, 1.54) is 36.9 Å². The van der Waals surface area contributed by atoms with Crippen molar-refractivity contribution in [3.8, 4) is 5.75 Å². The predicted molar refractivity (Wildman–Crippen MR) is 86.9 cm³/mol. The second-order valence-electron chi connectivity index (χ2n) is 6.88. The summed E-state index contributed by atoms with van der Waals surface area (Å²) < 4.78 is 6.51. The van der Waals surface area contributed by atoms with Crippen molar-refractivity contribution in [3.05, 3.63) is 29.3 Å². The molecule has 2 aliphatic rings. The number of likely N-dealkylation sites (tertiary alicyclic amines) is 1. The Balaban J connectivity index is 1.90. The Labute approximate surface area is 128 Å². The standard InChI is InChI=1S/C18H28N2O/c1-4-9-19-16-12-18(8-5-10-20(3)13-18)21-17-7-6-14(2)11-15(16)17/h6-7,11,16,19H,4-5,8-10,12-13H2,1-3H3. The van der Waals surface area contributed by atoms with Crippen molar-refractivity contribution < 1.29 is 4.74 Å². The number of nitrogens with one attached hydrogen (secondary N) is 1. The number of aryl methyl sites for hydroxylation is 1. The van der Waals surface area contributed by atoms with Crippen molar-refractivity contribution >= 4 is 0 Å². The number of ether oxygens (including phenoxy) is 1. The topological polar surface area (TPSA) is 24.5 Å². The average Bonchev–Trinajstić information content (AvgIpc) is 2.45. The second kappa shape index (κ2) is 5.98. The zero-order valence-electron chi connectivity index (χ0n) is 13.6. The fourth-order valence-electron chi connectivity index (χ4n) is 3.86. The highest BCUT2D eigenvalue weighted by molar-refractivity contribution is 5.42. The van der Waals surface area contributed by atoms with E-state index in [9.17, 15) is 0 Å². The van der Waals surface area contributed by atoms with Crippen molar-refractivity contribution in [2.45, 2.75) is 51.2 Å². The van der Waals surface area contributed by atoms with Gasteiger partial charge in [0.25, 0.3) is 0 Å². The van der Waals surface area contributed by atoms with Gasteiger partial charge in [0.05, 0.1) is 0 Å². The first-order valence-corrected chi connectivity index (χ1v) is 8.33. The molecule has 0 aromatic heterocycles. The van der Waals surface area contributed by atoms with Crippen LogP contribution in [0.1, 0.15) is 49.8 Å². The molecule has 2 atom stereocenters. The first-order valence-electron chi connectivity index (χ1n) is 8.33. The Morgan fingerprint density at radius 2 is 2.29 bits per heavy atom. The molecule has 0 amide bonds. The first-order chi connectivity index (χ1) is 10.1. The molecule has 2 heterocycles. The minimum Gasteiger partial charge on any atom is -0.486 e. The molecule has 1 aromatic carbocycles. The van der Waals surface area contributed by atoms with Crippen LogP contribution in [0.3, 0.4) is 0 Å². The van der Waals surface area contributed by atoms with Gasteiger partial charge in [0.2, 0.25) is 0 Å². The molecule has 2 aliphatic heterocycles. The van der Waals surface area contributed by atoms with Gasteiger partial charge >= 0.3 is 0 Å². The summed E-state index contributed by atoms with van der Waals surface area (Å²) >= 11 is 0. The van der Waals surface area contributed by atoms with Crippen LogP contribution < -0.4 is 10.1 Å². The van der Waals surface area contributed by atoms with Gasteiger partial charge in [-0.15, -0.1) is 0 Å². The fraction of sp³-hybridized carbons (Fsp3) is 0.667. The van der Waals surface area contributed by atoms with Crippen LogP contribution >= 0.6 is 0 Å². The molecule has 0 saturated carbocycles. The summed E-state index contributed by atoms with van der Waals surface area (Å²) in [5.41, 5.74) is 2.67. The number of benzene rings is 1. The molecule has 1 spiro atoms. The van der Waals surface area contributed by atoms with E-state index >= 15 is 0 Å². The molecule has 0 radical (unpaired) electrons. The molecule has 21 heavy (non-hydrogen) atoms. The highest BCUT2D eigenvalue weighted by Crippen LogP contribution is 2.43. The van der Waals surface area contributed by atoms with Crippen LogP contribution in [0.25, 0.3) is 0 Å². The van der Waals surface area contributed by atoms with Crippen LogP contribution in [0.4, 0.5) is 0 Å². The van der Waals surface area contributed by atoms with Crippen LogP contribution in [0.5, 0.6) is 5.75 Å². The summed E-state index contributed by atoms with van der Waals surface area (Å²) in [7, 11) is 2.21. The quantitative estimate of drug-likeness (QED) is 0.924. The maximum atomic E-state index is 6.51. The molecule has 3 nitrogen and oxygen atoms in total. The van der Waals surface area contributed by atoms with Gasteiger partial charge in [0, 0.05) is 24.6 Å². The third-order valence-corrected chi connectivity index (χ3v) is 4.81. The van der Waals surface area contributed by atoms with Crippen LogP contribution in [-0.4, -0.2) is 37.2 Å². The van der Waals surface area contributed by atoms with E-state index in [1.54, 1.807) is 0 Å². The van der Waals surface area contributed by atoms with Gasteiger partial charge in [-0.05, 0) is 52.4 Å². The number of likely N-dealkylation sites (N-methyl/N-ethyl adjacent to an activating group) is 1. The predicted octanol–water partition coefficient (Wildman–Crippen LogP) is 3.28. The Morgan fingerprint density at radius 1 is 1.43 bits per heavy atom. The summed E-state index contributed by atoms with van der Waals surface area (Å²) in [4.78, 5) is 2.42. The molecule has 1 N–H and O–H groups in total. The maximum absolute atomic E-state index is 6.51. The molecule has 2 unspecified atom stereocenters. The lowest BCUT2D eigenvalue weighted by Crippen LogP contribution is -2.54. The number of piperidine rings is 1. The molecule has 116 valence electrons. The summed E-state index contributed by atoms with van der Waals surface area (Å²) in [5.74, 6) is 1.09. The van der Waals surface area contributed by atoms with Gasteiger partial charge in [0.1, 0.15) is 11.4 Å². The molecule has 0 aliphatic carbocycles. The number of hydrogen-bond donors (Lipinski definition) is 1. The van der Waals surface area contributed by atoms with E-state index in [0.29, 0.717) is 6.04 Å². The van der Waals surface area contributed by atoms with Crippen LogP contribution in [0.15, 0.2) is 18.2 Å². The number of fused-ring (bicyclic) bond motifs is 1. The van der Waals surface area contributed by atoms with Gasteiger partial charge in [-0.3, -0.25) is 0 Å². The second-order valence-corrected chi connectivity index (χ2v) is 6.88. The van der Waals surface area contributed by atoms with Crippen LogP contribution in [0.2, 0.25) is 0 Å². The zero-order chi connectivity index (χ0) is 14.9. The smallest absolute Gasteiger partial charge is 0.125 e. The zero-order valence-corrected chi connectivity index (χ0v) is 13.6. The van der Waals surface area contributed by atoms with Crippen LogP contribution in [-0.2, 0) is 0 Å². The van der Waals surface area contributed by atoms with Crippen molar-refractivity contribution in [2.24, 2.45) is 0 Å². The Hall–Kier alpha value is -1.06. The summed E-state index contributed by atoms with van der Waals surface area (Å²) in [6.45, 7) is 7.71. The lowest BCUT2D eigenvalue weighted by atomic mass is 9.81. The molecule has 3 heteroatoms. The van der Waals surface area contributed by atoms with E-state index in [4.69, 9.17) is 4.74 Å².